The molecule has 68 valence electrons. The van der Waals surface area contributed by atoms with Crippen LogP contribution in [0.15, 0.2) is 11.1 Å². The predicted molar refractivity (Wildman–Crippen MR) is 49.3 cm³/mol. The third kappa shape index (κ3) is 0.863. The van der Waals surface area contributed by atoms with Crippen LogP contribution in [-0.2, 0) is 11.2 Å². The molecule has 0 bridgehead atoms. The van der Waals surface area contributed by atoms with Gasteiger partial charge in [-0.3, -0.25) is 4.79 Å². The van der Waals surface area contributed by atoms with Gasteiger partial charge >= 0.3 is 0 Å². The maximum atomic E-state index is 11.6. The van der Waals surface area contributed by atoms with E-state index in [1.54, 1.807) is 6.21 Å². The molecule has 0 N–H and O–H groups in total. The van der Waals surface area contributed by atoms with Crippen molar-refractivity contribution in [1.29, 1.82) is 0 Å². The van der Waals surface area contributed by atoms with E-state index in [0.717, 1.165) is 11.3 Å². The molecule has 0 fully saturated rings. The molecule has 0 saturated heterocycles. The van der Waals surface area contributed by atoms with Gasteiger partial charge in [0, 0.05) is 24.6 Å². The van der Waals surface area contributed by atoms with Gasteiger partial charge < -0.3 is 0 Å². The second-order valence-electron chi connectivity index (χ2n) is 3.20. The molecule has 1 aromatic heterocycles. The van der Waals surface area contributed by atoms with Crippen molar-refractivity contribution in [3.63, 3.8) is 0 Å². The molecule has 1 aromatic rings. The first-order valence-corrected chi connectivity index (χ1v) is 4.35. The van der Waals surface area contributed by atoms with Crippen LogP contribution in [0.4, 0.5) is 5.82 Å². The van der Waals surface area contributed by atoms with Crippen LogP contribution in [-0.4, -0.2) is 27.4 Å². The summed E-state index contributed by atoms with van der Waals surface area (Å²) in [5, 5.41) is 11.3. The van der Waals surface area contributed by atoms with Gasteiger partial charge in [0.25, 0.3) is 0 Å². The lowest BCUT2D eigenvalue weighted by Crippen LogP contribution is -2.01. The number of hydrogen-bond donors (Lipinski definition) is 0. The number of allylic oxidation sites excluding steroid dienone is 2. The van der Waals surface area contributed by atoms with Crippen LogP contribution in [0.2, 0.25) is 0 Å². The summed E-state index contributed by atoms with van der Waals surface area (Å²) in [5.74, 6) is 0.602. The smallest absolute Gasteiger partial charge is 0.185 e. The molecule has 5 nitrogen and oxygen atoms in total. The molecule has 0 aromatic carbocycles. The van der Waals surface area contributed by atoms with Gasteiger partial charge in [-0.25, -0.2) is 4.99 Å². The Morgan fingerprint density at radius 3 is 3.07 bits per heavy atom. The fraction of sp³-hybridized carbons (Fsp3) is 0.222. The van der Waals surface area contributed by atoms with Gasteiger partial charge in [-0.2, -0.15) is 0 Å². The largest absolute Gasteiger partial charge is 0.294 e. The Morgan fingerprint density at radius 2 is 2.14 bits per heavy atom. The second-order valence-corrected chi connectivity index (χ2v) is 3.20. The Hall–Kier alpha value is -1.91. The van der Waals surface area contributed by atoms with Crippen LogP contribution in [0.3, 0.4) is 0 Å². The van der Waals surface area contributed by atoms with Gasteiger partial charge in [-0.1, -0.05) is 6.08 Å². The SMILES string of the molecule is O=C1CC=Nc2nnnc3c2C1=CC3. The highest BCUT2D eigenvalue weighted by Gasteiger charge is 2.26. The summed E-state index contributed by atoms with van der Waals surface area (Å²) in [6.45, 7) is 0. The molecule has 0 atom stereocenters. The van der Waals surface area contributed by atoms with E-state index < -0.39 is 0 Å². The molecule has 3 rings (SSSR count). The van der Waals surface area contributed by atoms with E-state index in [2.05, 4.69) is 20.4 Å². The Morgan fingerprint density at radius 1 is 1.21 bits per heavy atom. The van der Waals surface area contributed by atoms with Crippen LogP contribution in [0, 0.1) is 0 Å². The molecule has 0 amide bonds. The van der Waals surface area contributed by atoms with Crippen molar-refractivity contribution in [2.24, 2.45) is 4.99 Å². The van der Waals surface area contributed by atoms with E-state index >= 15 is 0 Å². The van der Waals surface area contributed by atoms with Crippen molar-refractivity contribution < 1.29 is 4.79 Å². The third-order valence-corrected chi connectivity index (χ3v) is 2.38. The highest BCUT2D eigenvalue weighted by molar-refractivity contribution is 6.27. The minimum atomic E-state index is 0.0843. The number of rotatable bonds is 0. The molecular formula is C9H6N4O. The number of aliphatic imine (C=N–C) groups is 1. The van der Waals surface area contributed by atoms with E-state index in [1.165, 1.54) is 0 Å². The number of aromatic nitrogens is 3. The number of nitrogens with zero attached hydrogens (tertiary/aromatic N) is 4. The van der Waals surface area contributed by atoms with Gasteiger partial charge in [-0.05, 0) is 5.21 Å². The number of Topliss-reactive ketones (excluding diaryl/α,β-unsaturated/α-hetero) is 1. The summed E-state index contributed by atoms with van der Waals surface area (Å²) in [7, 11) is 0. The molecule has 0 spiro atoms. The number of carbonyl (C=O) groups is 1. The van der Waals surface area contributed by atoms with Crippen LogP contribution >= 0.6 is 0 Å². The van der Waals surface area contributed by atoms with E-state index in [9.17, 15) is 4.79 Å². The summed E-state index contributed by atoms with van der Waals surface area (Å²) in [6.07, 6.45) is 4.45. The first-order valence-electron chi connectivity index (χ1n) is 4.35. The van der Waals surface area contributed by atoms with Crippen molar-refractivity contribution in [2.45, 2.75) is 12.8 Å². The van der Waals surface area contributed by atoms with E-state index in [0.29, 0.717) is 24.2 Å². The topological polar surface area (TPSA) is 68.1 Å². The van der Waals surface area contributed by atoms with Crippen LogP contribution < -0.4 is 0 Å². The van der Waals surface area contributed by atoms with Gasteiger partial charge in [0.15, 0.2) is 11.6 Å². The van der Waals surface area contributed by atoms with Crippen LogP contribution in [0.25, 0.3) is 5.57 Å². The lowest BCUT2D eigenvalue weighted by atomic mass is 10.1. The minimum Gasteiger partial charge on any atom is -0.294 e. The zero-order chi connectivity index (χ0) is 9.54. The zero-order valence-electron chi connectivity index (χ0n) is 7.27. The summed E-state index contributed by atoms with van der Waals surface area (Å²) in [4.78, 5) is 15.7. The average molecular weight is 186 g/mol. The molecule has 5 heteroatoms. The first-order chi connectivity index (χ1) is 6.86. The van der Waals surface area contributed by atoms with Crippen molar-refractivity contribution in [1.82, 2.24) is 15.4 Å². The van der Waals surface area contributed by atoms with Crippen LogP contribution in [0.1, 0.15) is 17.7 Å². The van der Waals surface area contributed by atoms with Gasteiger partial charge in [-0.15, -0.1) is 10.2 Å². The van der Waals surface area contributed by atoms with E-state index in [1.807, 2.05) is 6.08 Å². The number of hydrogen-bond acceptors (Lipinski definition) is 5. The number of ketones is 1. The Labute approximate surface area is 79.6 Å². The lowest BCUT2D eigenvalue weighted by Gasteiger charge is -2.00. The molecule has 0 unspecified atom stereocenters. The lowest BCUT2D eigenvalue weighted by molar-refractivity contribution is -0.112. The van der Waals surface area contributed by atoms with Crippen molar-refractivity contribution in [3.05, 3.63) is 17.3 Å². The standard InChI is InChI=1S/C9H6N4O/c14-7-3-4-10-9-8-5(7)1-2-6(8)11-13-12-9/h1,4H,2-3H2. The first kappa shape index (κ1) is 7.49. The maximum absolute atomic E-state index is 11.6. The normalized spacial score (nSPS) is 17.7. The second kappa shape index (κ2) is 2.54. The fourth-order valence-electron chi connectivity index (χ4n) is 1.74. The summed E-state index contributed by atoms with van der Waals surface area (Å²) >= 11 is 0. The Kier molecular flexibility index (Phi) is 1.36. The molecule has 2 aliphatic rings. The van der Waals surface area contributed by atoms with Crippen molar-refractivity contribution in [3.8, 4) is 0 Å². The van der Waals surface area contributed by atoms with Gasteiger partial charge in [0.1, 0.15) is 0 Å². The van der Waals surface area contributed by atoms with Crippen molar-refractivity contribution >= 4 is 23.4 Å². The quantitative estimate of drug-likeness (QED) is 0.591. The van der Waals surface area contributed by atoms with Crippen molar-refractivity contribution in [2.75, 3.05) is 0 Å². The molecule has 2 heterocycles. The van der Waals surface area contributed by atoms with E-state index in [-0.39, 0.29) is 5.78 Å². The Balaban J connectivity index is 2.33. The summed E-state index contributed by atoms with van der Waals surface area (Å²) in [5.41, 5.74) is 2.28. The summed E-state index contributed by atoms with van der Waals surface area (Å²) in [6, 6.07) is 0. The molecule has 1 aliphatic carbocycles. The minimum absolute atomic E-state index is 0.0843. The van der Waals surface area contributed by atoms with Crippen LogP contribution in [0.5, 0.6) is 0 Å². The Bertz CT molecular complexity index is 490. The number of carbonyl (C=O) groups excluding carboxylic acids is 1. The monoisotopic (exact) mass is 186 g/mol. The predicted octanol–water partition coefficient (Wildman–Crippen LogP) is 0.486. The maximum Gasteiger partial charge on any atom is 0.185 e. The zero-order valence-corrected chi connectivity index (χ0v) is 7.27. The van der Waals surface area contributed by atoms with E-state index in [4.69, 9.17) is 0 Å². The molecule has 0 radical (unpaired) electrons. The highest BCUT2D eigenvalue weighted by Crippen LogP contribution is 2.34. The highest BCUT2D eigenvalue weighted by atomic mass is 16.1. The summed E-state index contributed by atoms with van der Waals surface area (Å²) < 4.78 is 0. The van der Waals surface area contributed by atoms with Gasteiger partial charge in [0.05, 0.1) is 11.3 Å². The fourth-order valence-corrected chi connectivity index (χ4v) is 1.74. The molecule has 1 aliphatic heterocycles. The molecular weight excluding hydrogens is 180 g/mol. The molecule has 0 saturated carbocycles. The third-order valence-electron chi connectivity index (χ3n) is 2.38. The van der Waals surface area contributed by atoms with Gasteiger partial charge in [0.2, 0.25) is 0 Å². The average Bonchev–Trinajstić information content (AvgIpc) is 2.54. The molecule has 14 heavy (non-hydrogen) atoms.